The second-order valence-electron chi connectivity index (χ2n) is 2.64. The van der Waals surface area contributed by atoms with Gasteiger partial charge in [-0.3, -0.25) is 9.00 Å². The highest BCUT2D eigenvalue weighted by molar-refractivity contribution is 9.11. The summed E-state index contributed by atoms with van der Waals surface area (Å²) in [6.45, 7) is 0. The van der Waals surface area contributed by atoms with Crippen LogP contribution in [0.15, 0.2) is 15.9 Å². The number of carboxylic acids is 1. The smallest absolute Gasteiger partial charge is 0.304 e. The molecule has 78 valence electrons. The molecule has 3 nitrogen and oxygen atoms in total. The average molecular weight is 297 g/mol. The van der Waals surface area contributed by atoms with Crippen molar-refractivity contribution in [1.82, 2.24) is 0 Å². The molecule has 0 bridgehead atoms. The van der Waals surface area contributed by atoms with Crippen molar-refractivity contribution in [2.24, 2.45) is 0 Å². The molecule has 14 heavy (non-hydrogen) atoms. The van der Waals surface area contributed by atoms with E-state index in [1.165, 1.54) is 11.3 Å². The summed E-state index contributed by atoms with van der Waals surface area (Å²) in [5.41, 5.74) is 0. The highest BCUT2D eigenvalue weighted by atomic mass is 79.9. The van der Waals surface area contributed by atoms with Crippen molar-refractivity contribution in [2.45, 2.75) is 12.2 Å². The molecular weight excluding hydrogens is 288 g/mol. The van der Waals surface area contributed by atoms with Gasteiger partial charge in [0.25, 0.3) is 0 Å². The Balaban J connectivity index is 2.37. The second kappa shape index (κ2) is 5.63. The first-order valence-corrected chi connectivity index (χ1v) is 6.98. The molecule has 0 aliphatic carbocycles. The van der Waals surface area contributed by atoms with Gasteiger partial charge in [-0.2, -0.15) is 0 Å². The van der Waals surface area contributed by atoms with Gasteiger partial charge in [-0.15, -0.1) is 11.3 Å². The van der Waals surface area contributed by atoms with E-state index in [9.17, 15) is 9.00 Å². The molecule has 0 radical (unpaired) electrons. The Labute approximate surface area is 96.7 Å². The van der Waals surface area contributed by atoms with Gasteiger partial charge in [0.15, 0.2) is 0 Å². The summed E-state index contributed by atoms with van der Waals surface area (Å²) in [7, 11) is -1.07. The highest BCUT2D eigenvalue weighted by Gasteiger charge is 2.06. The zero-order valence-electron chi connectivity index (χ0n) is 7.23. The average Bonchev–Trinajstić information content (AvgIpc) is 2.48. The summed E-state index contributed by atoms with van der Waals surface area (Å²) in [5, 5.41) is 8.39. The first-order valence-electron chi connectivity index (χ1n) is 3.89. The van der Waals surface area contributed by atoms with Gasteiger partial charge in [-0.05, 0) is 28.1 Å². The highest BCUT2D eigenvalue weighted by Crippen LogP contribution is 2.23. The van der Waals surface area contributed by atoms with Crippen LogP contribution in [0.25, 0.3) is 0 Å². The minimum Gasteiger partial charge on any atom is -0.481 e. The third-order valence-corrected chi connectivity index (χ3v) is 4.57. The van der Waals surface area contributed by atoms with E-state index < -0.39 is 16.8 Å². The standard InChI is InChI=1S/C8H9BrO3S2/c9-7-2-1-6(13-7)5-14(12)4-3-8(10)11/h1-2H,3-5H2,(H,10,11). The predicted octanol–water partition coefficient (Wildman–Crippen LogP) is 2.23. The third-order valence-electron chi connectivity index (χ3n) is 1.48. The maximum atomic E-state index is 11.4. The molecule has 1 atom stereocenters. The molecule has 6 heteroatoms. The third kappa shape index (κ3) is 4.34. The van der Waals surface area contributed by atoms with Crippen LogP contribution in [0, 0.1) is 0 Å². The van der Waals surface area contributed by atoms with Crippen LogP contribution in [-0.4, -0.2) is 21.0 Å². The van der Waals surface area contributed by atoms with Crippen LogP contribution in [0.1, 0.15) is 11.3 Å². The lowest BCUT2D eigenvalue weighted by molar-refractivity contribution is -0.136. The van der Waals surface area contributed by atoms with Gasteiger partial charge < -0.3 is 5.11 Å². The molecular formula is C8H9BrO3S2. The van der Waals surface area contributed by atoms with E-state index in [-0.39, 0.29) is 12.2 Å². The van der Waals surface area contributed by atoms with E-state index in [4.69, 9.17) is 5.11 Å². The molecule has 0 saturated carbocycles. The van der Waals surface area contributed by atoms with E-state index >= 15 is 0 Å². The van der Waals surface area contributed by atoms with Gasteiger partial charge in [-0.1, -0.05) is 0 Å². The van der Waals surface area contributed by atoms with Crippen LogP contribution < -0.4 is 0 Å². The predicted molar refractivity (Wildman–Crippen MR) is 61.0 cm³/mol. The SMILES string of the molecule is O=C(O)CCS(=O)Cc1ccc(Br)s1. The van der Waals surface area contributed by atoms with Crippen molar-refractivity contribution in [2.75, 3.05) is 5.75 Å². The molecule has 1 heterocycles. The lowest BCUT2D eigenvalue weighted by Crippen LogP contribution is -2.05. The van der Waals surface area contributed by atoms with Crippen LogP contribution in [0.2, 0.25) is 0 Å². The Morgan fingerprint density at radius 3 is 2.79 bits per heavy atom. The fourth-order valence-corrected chi connectivity index (χ4v) is 3.73. The quantitative estimate of drug-likeness (QED) is 0.906. The first-order chi connectivity index (χ1) is 6.58. The normalized spacial score (nSPS) is 12.6. The van der Waals surface area contributed by atoms with Gasteiger partial charge in [0.05, 0.1) is 16.0 Å². The summed E-state index contributed by atoms with van der Waals surface area (Å²) >= 11 is 4.84. The van der Waals surface area contributed by atoms with Crippen molar-refractivity contribution in [1.29, 1.82) is 0 Å². The molecule has 0 aliphatic heterocycles. The molecule has 0 spiro atoms. The maximum Gasteiger partial charge on any atom is 0.304 e. The minimum atomic E-state index is -1.07. The van der Waals surface area contributed by atoms with Crippen LogP contribution in [0.3, 0.4) is 0 Å². The molecule has 0 fully saturated rings. The van der Waals surface area contributed by atoms with Crippen LogP contribution in [-0.2, 0) is 21.3 Å². The summed E-state index contributed by atoms with van der Waals surface area (Å²) in [6.07, 6.45) is -0.0286. The van der Waals surface area contributed by atoms with Crippen molar-refractivity contribution in [3.63, 3.8) is 0 Å². The first kappa shape index (κ1) is 11.9. The van der Waals surface area contributed by atoms with Crippen LogP contribution in [0.4, 0.5) is 0 Å². The van der Waals surface area contributed by atoms with E-state index in [2.05, 4.69) is 15.9 Å². The van der Waals surface area contributed by atoms with E-state index in [0.717, 1.165) is 8.66 Å². The van der Waals surface area contributed by atoms with Gasteiger partial charge in [0.1, 0.15) is 0 Å². The van der Waals surface area contributed by atoms with Crippen LogP contribution in [0.5, 0.6) is 0 Å². The van der Waals surface area contributed by atoms with Gasteiger partial charge >= 0.3 is 5.97 Å². The topological polar surface area (TPSA) is 54.4 Å². The van der Waals surface area contributed by atoms with Crippen molar-refractivity contribution < 1.29 is 14.1 Å². The molecule has 1 N–H and O–H groups in total. The molecule has 0 saturated heterocycles. The second-order valence-corrected chi connectivity index (χ2v) is 6.76. The van der Waals surface area contributed by atoms with Crippen LogP contribution >= 0.6 is 27.3 Å². The largest absolute Gasteiger partial charge is 0.481 e. The molecule has 1 aromatic heterocycles. The number of aliphatic carboxylic acids is 1. The zero-order chi connectivity index (χ0) is 10.6. The number of rotatable bonds is 5. The molecule has 0 amide bonds. The molecule has 1 aromatic rings. The van der Waals surface area contributed by atoms with E-state index in [1.54, 1.807) is 0 Å². The summed E-state index contributed by atoms with van der Waals surface area (Å²) in [6, 6.07) is 3.79. The molecule has 0 aromatic carbocycles. The Bertz CT molecular complexity index is 348. The Morgan fingerprint density at radius 2 is 2.29 bits per heavy atom. The van der Waals surface area contributed by atoms with E-state index in [1.807, 2.05) is 12.1 Å². The summed E-state index contributed by atoms with van der Waals surface area (Å²) in [5.74, 6) is -0.222. The van der Waals surface area contributed by atoms with Crippen molar-refractivity contribution >= 4 is 44.0 Å². The molecule has 1 rings (SSSR count). The van der Waals surface area contributed by atoms with Gasteiger partial charge in [-0.25, -0.2) is 0 Å². The molecule has 0 aliphatic rings. The Hall–Kier alpha value is -0.200. The number of thiophene rings is 1. The van der Waals surface area contributed by atoms with E-state index in [0.29, 0.717) is 5.75 Å². The summed E-state index contributed by atoms with van der Waals surface area (Å²) in [4.78, 5) is 11.2. The monoisotopic (exact) mass is 296 g/mol. The zero-order valence-corrected chi connectivity index (χ0v) is 10.5. The fourth-order valence-electron chi connectivity index (χ4n) is 0.861. The fraction of sp³-hybridized carbons (Fsp3) is 0.375. The number of hydrogen-bond donors (Lipinski definition) is 1. The lowest BCUT2D eigenvalue weighted by Gasteiger charge is -1.96. The Morgan fingerprint density at radius 1 is 1.57 bits per heavy atom. The van der Waals surface area contributed by atoms with Gasteiger partial charge in [0, 0.05) is 21.4 Å². The van der Waals surface area contributed by atoms with Crippen molar-refractivity contribution in [3.05, 3.63) is 20.8 Å². The minimum absolute atomic E-state index is 0.0286. The number of carbonyl (C=O) groups is 1. The number of halogens is 1. The lowest BCUT2D eigenvalue weighted by atomic mass is 10.5. The van der Waals surface area contributed by atoms with Crippen molar-refractivity contribution in [3.8, 4) is 0 Å². The number of carboxylic acid groups (broad SMARTS) is 1. The molecule has 1 unspecified atom stereocenters. The summed E-state index contributed by atoms with van der Waals surface area (Å²) < 4.78 is 12.4. The number of hydrogen-bond acceptors (Lipinski definition) is 3. The maximum absolute atomic E-state index is 11.4. The Kier molecular flexibility index (Phi) is 4.77. The van der Waals surface area contributed by atoms with Gasteiger partial charge in [0.2, 0.25) is 0 Å².